The first kappa shape index (κ1) is 18.9. The van der Waals surface area contributed by atoms with E-state index in [1.165, 1.54) is 6.07 Å². The molecule has 0 radical (unpaired) electrons. The highest BCUT2D eigenvalue weighted by Gasteiger charge is 2.46. The van der Waals surface area contributed by atoms with Crippen LogP contribution in [0.25, 0.3) is 5.69 Å². The van der Waals surface area contributed by atoms with Crippen molar-refractivity contribution in [3.8, 4) is 5.69 Å². The van der Waals surface area contributed by atoms with Crippen LogP contribution in [0, 0.1) is 10.1 Å². The van der Waals surface area contributed by atoms with Crippen LogP contribution in [0.1, 0.15) is 36.8 Å². The lowest BCUT2D eigenvalue weighted by Gasteiger charge is -2.32. The Kier molecular flexibility index (Phi) is 4.78. The van der Waals surface area contributed by atoms with Crippen LogP contribution >= 0.6 is 11.8 Å². The average molecular weight is 420 g/mol. The van der Waals surface area contributed by atoms with Gasteiger partial charge in [0.15, 0.2) is 5.17 Å². The molecular formula is C22H21N5O2S. The summed E-state index contributed by atoms with van der Waals surface area (Å²) in [7, 11) is 0. The summed E-state index contributed by atoms with van der Waals surface area (Å²) in [6.07, 6.45) is 4.81. The number of nitro groups is 1. The van der Waals surface area contributed by atoms with Crippen LogP contribution in [0.5, 0.6) is 0 Å². The summed E-state index contributed by atoms with van der Waals surface area (Å²) >= 11 is 1.80. The minimum Gasteiger partial charge on any atom is -0.337 e. The maximum absolute atomic E-state index is 11.3. The summed E-state index contributed by atoms with van der Waals surface area (Å²) in [5, 5.41) is 12.4. The molecular weight excluding hydrogens is 398 g/mol. The van der Waals surface area contributed by atoms with Crippen LogP contribution in [0.15, 0.2) is 72.0 Å². The molecule has 0 bridgehead atoms. The summed E-state index contributed by atoms with van der Waals surface area (Å²) in [5.74, 6) is 1.03. The Labute approximate surface area is 178 Å². The fourth-order valence-electron chi connectivity index (χ4n) is 4.30. The van der Waals surface area contributed by atoms with E-state index in [4.69, 9.17) is 4.99 Å². The van der Waals surface area contributed by atoms with Crippen molar-refractivity contribution in [3.05, 3.63) is 88.5 Å². The molecule has 0 amide bonds. The standard InChI is InChI=1S/C22H21N5O2S/c1-2-15-14-30-22-24-20(18-9-3-4-11-23-18)21(26(15)22)19-10-6-12-25(19)16-7-5-8-17(13-16)27(28)29/h3-13,15,20-21H,2,14H2,1H3/t15-,20+,21+/m1/s1. The second-order valence-electron chi connectivity index (χ2n) is 7.42. The van der Waals surface area contributed by atoms with Crippen LogP contribution in [-0.2, 0) is 0 Å². The zero-order chi connectivity index (χ0) is 20.7. The Hall–Kier alpha value is -3.13. The Morgan fingerprint density at radius 2 is 2.10 bits per heavy atom. The second kappa shape index (κ2) is 7.60. The summed E-state index contributed by atoms with van der Waals surface area (Å²) in [6.45, 7) is 2.21. The third kappa shape index (κ3) is 3.08. The smallest absolute Gasteiger partial charge is 0.271 e. The Morgan fingerprint density at radius 1 is 1.20 bits per heavy atom. The lowest BCUT2D eigenvalue weighted by molar-refractivity contribution is -0.384. The molecule has 8 heteroatoms. The van der Waals surface area contributed by atoms with Crippen molar-refractivity contribution in [1.82, 2.24) is 14.5 Å². The Morgan fingerprint density at radius 3 is 2.87 bits per heavy atom. The molecule has 1 fully saturated rings. The molecule has 0 saturated carbocycles. The lowest BCUT2D eigenvalue weighted by Crippen LogP contribution is -2.36. The van der Waals surface area contributed by atoms with Crippen LogP contribution < -0.4 is 0 Å². The molecule has 0 spiro atoms. The molecule has 2 aliphatic rings. The monoisotopic (exact) mass is 419 g/mol. The first-order chi connectivity index (χ1) is 14.7. The number of amidine groups is 1. The van der Waals surface area contributed by atoms with E-state index in [9.17, 15) is 10.1 Å². The number of hydrogen-bond donors (Lipinski definition) is 0. The minimum atomic E-state index is -0.357. The predicted octanol–water partition coefficient (Wildman–Crippen LogP) is 4.76. The van der Waals surface area contributed by atoms with Gasteiger partial charge in [0.1, 0.15) is 12.1 Å². The number of benzene rings is 1. The zero-order valence-corrected chi connectivity index (χ0v) is 17.3. The molecule has 1 saturated heterocycles. The highest BCUT2D eigenvalue weighted by atomic mass is 32.2. The van der Waals surface area contributed by atoms with Gasteiger partial charge in [-0.1, -0.05) is 30.8 Å². The third-order valence-electron chi connectivity index (χ3n) is 5.73. The number of rotatable bonds is 5. The number of fused-ring (bicyclic) bond motifs is 1. The fourth-order valence-corrected chi connectivity index (χ4v) is 5.64. The normalized spacial score (nSPS) is 22.8. The summed E-state index contributed by atoms with van der Waals surface area (Å²) in [4.78, 5) is 23.0. The molecule has 0 unspecified atom stereocenters. The van der Waals surface area contributed by atoms with E-state index in [0.717, 1.165) is 34.4 Å². The maximum Gasteiger partial charge on any atom is 0.271 e. The Bertz CT molecular complexity index is 1110. The Balaban J connectivity index is 1.62. The van der Waals surface area contributed by atoms with Crippen molar-refractivity contribution in [3.63, 3.8) is 0 Å². The van der Waals surface area contributed by atoms with Gasteiger partial charge in [-0.05, 0) is 36.8 Å². The number of pyridine rings is 1. The molecule has 4 heterocycles. The van der Waals surface area contributed by atoms with Gasteiger partial charge in [0.2, 0.25) is 0 Å². The summed E-state index contributed by atoms with van der Waals surface area (Å²) < 4.78 is 2.04. The maximum atomic E-state index is 11.3. The predicted molar refractivity (Wildman–Crippen MR) is 118 cm³/mol. The van der Waals surface area contributed by atoms with Gasteiger partial charge in [0.25, 0.3) is 5.69 Å². The fraction of sp³-hybridized carbons (Fsp3) is 0.273. The summed E-state index contributed by atoms with van der Waals surface area (Å²) in [6, 6.07) is 17.1. The molecule has 3 aromatic rings. The number of aromatic nitrogens is 2. The highest BCUT2D eigenvalue weighted by molar-refractivity contribution is 8.14. The number of thioether (sulfide) groups is 1. The largest absolute Gasteiger partial charge is 0.337 e. The van der Waals surface area contributed by atoms with Crippen molar-refractivity contribution in [2.75, 3.05) is 5.75 Å². The highest BCUT2D eigenvalue weighted by Crippen LogP contribution is 2.48. The van der Waals surface area contributed by atoms with Crippen molar-refractivity contribution in [2.24, 2.45) is 4.99 Å². The molecule has 3 atom stereocenters. The quantitative estimate of drug-likeness (QED) is 0.440. The minimum absolute atomic E-state index is 0.0101. The van der Waals surface area contributed by atoms with Crippen LogP contribution in [0.3, 0.4) is 0 Å². The summed E-state index contributed by atoms with van der Waals surface area (Å²) in [5.41, 5.74) is 2.86. The molecule has 5 rings (SSSR count). The molecule has 1 aromatic carbocycles. The average Bonchev–Trinajstić information content (AvgIpc) is 3.49. The van der Waals surface area contributed by atoms with Crippen molar-refractivity contribution >= 4 is 22.6 Å². The van der Waals surface area contributed by atoms with Gasteiger partial charge in [0, 0.05) is 42.0 Å². The third-order valence-corrected chi connectivity index (χ3v) is 6.86. The van der Waals surface area contributed by atoms with Gasteiger partial charge in [-0.3, -0.25) is 20.1 Å². The molecule has 0 N–H and O–H groups in total. The van der Waals surface area contributed by atoms with E-state index in [1.807, 2.05) is 41.1 Å². The number of nitrogens with zero attached hydrogens (tertiary/aromatic N) is 5. The molecule has 7 nitrogen and oxygen atoms in total. The van der Waals surface area contributed by atoms with E-state index >= 15 is 0 Å². The van der Waals surface area contributed by atoms with Crippen molar-refractivity contribution in [2.45, 2.75) is 31.5 Å². The van der Waals surface area contributed by atoms with Crippen LogP contribution in [0.4, 0.5) is 5.69 Å². The molecule has 30 heavy (non-hydrogen) atoms. The van der Waals surface area contributed by atoms with E-state index in [2.05, 4.69) is 22.9 Å². The lowest BCUT2D eigenvalue weighted by atomic mass is 9.99. The van der Waals surface area contributed by atoms with E-state index in [-0.39, 0.29) is 22.7 Å². The van der Waals surface area contributed by atoms with Gasteiger partial charge < -0.3 is 9.47 Å². The zero-order valence-electron chi connectivity index (χ0n) is 16.5. The van der Waals surface area contributed by atoms with E-state index in [1.54, 1.807) is 30.1 Å². The molecule has 2 aromatic heterocycles. The van der Waals surface area contributed by atoms with Crippen molar-refractivity contribution < 1.29 is 4.92 Å². The van der Waals surface area contributed by atoms with Gasteiger partial charge in [0.05, 0.1) is 16.3 Å². The van der Waals surface area contributed by atoms with Gasteiger partial charge in [-0.15, -0.1) is 0 Å². The number of non-ortho nitro benzene ring substituents is 1. The number of nitro benzene ring substituents is 1. The first-order valence-electron chi connectivity index (χ1n) is 9.99. The van der Waals surface area contributed by atoms with Gasteiger partial charge in [-0.2, -0.15) is 0 Å². The van der Waals surface area contributed by atoms with Crippen LogP contribution in [0.2, 0.25) is 0 Å². The second-order valence-corrected chi connectivity index (χ2v) is 8.40. The van der Waals surface area contributed by atoms with E-state index in [0.29, 0.717) is 6.04 Å². The first-order valence-corrected chi connectivity index (χ1v) is 11.0. The van der Waals surface area contributed by atoms with Gasteiger partial charge >= 0.3 is 0 Å². The topological polar surface area (TPSA) is 76.6 Å². The molecule has 152 valence electrons. The molecule has 0 aliphatic carbocycles. The number of hydrogen-bond acceptors (Lipinski definition) is 6. The van der Waals surface area contributed by atoms with E-state index < -0.39 is 0 Å². The SMILES string of the molecule is CC[C@@H]1CSC2=N[C@@H](c3ccccn3)[C@H](c3cccn3-c3cccc([N+](=O)[O-])c3)N21. The van der Waals surface area contributed by atoms with Gasteiger partial charge in [-0.25, -0.2) is 0 Å². The van der Waals surface area contributed by atoms with Crippen LogP contribution in [-0.4, -0.2) is 36.3 Å². The number of aliphatic imine (C=N–C) groups is 1. The molecule has 2 aliphatic heterocycles. The van der Waals surface area contributed by atoms with Crippen molar-refractivity contribution in [1.29, 1.82) is 0 Å².